The second kappa shape index (κ2) is 8.71. The van der Waals surface area contributed by atoms with Crippen LogP contribution in [0.5, 0.6) is 5.75 Å². The van der Waals surface area contributed by atoms with Crippen molar-refractivity contribution in [3.05, 3.63) is 59.8 Å². The lowest BCUT2D eigenvalue weighted by Crippen LogP contribution is -2.46. The Balaban J connectivity index is 1.61. The normalized spacial score (nSPS) is 15.3. The van der Waals surface area contributed by atoms with E-state index in [-0.39, 0.29) is 11.9 Å². The lowest BCUT2D eigenvalue weighted by molar-refractivity contribution is 0.0544. The van der Waals surface area contributed by atoms with E-state index in [9.17, 15) is 4.79 Å². The average molecular weight is 409 g/mol. The smallest absolute Gasteiger partial charge is 0.276 e. The zero-order valence-electron chi connectivity index (χ0n) is 17.6. The standard InChI is InChI=1S/C22H27N5O3/c1-16-21(23-24-27(16)18-6-8-19(29-3)9-7-18)22(28)26(15-20-5-4-14-30-20)17-10-12-25(2)13-11-17/h4-9,14,17H,10-13,15H2,1-3H3. The summed E-state index contributed by atoms with van der Waals surface area (Å²) in [5.41, 5.74) is 1.91. The van der Waals surface area contributed by atoms with Gasteiger partial charge < -0.3 is 19.0 Å². The van der Waals surface area contributed by atoms with Crippen LogP contribution in [-0.4, -0.2) is 64.0 Å². The highest BCUT2D eigenvalue weighted by atomic mass is 16.5. The maximum absolute atomic E-state index is 13.6. The lowest BCUT2D eigenvalue weighted by Gasteiger charge is -2.36. The second-order valence-corrected chi connectivity index (χ2v) is 7.68. The highest BCUT2D eigenvalue weighted by molar-refractivity contribution is 5.93. The van der Waals surface area contributed by atoms with E-state index in [1.807, 2.05) is 48.2 Å². The first-order chi connectivity index (χ1) is 14.6. The van der Waals surface area contributed by atoms with Gasteiger partial charge in [-0.1, -0.05) is 5.21 Å². The fraction of sp³-hybridized carbons (Fsp3) is 0.409. The van der Waals surface area contributed by atoms with Gasteiger partial charge in [0.1, 0.15) is 11.5 Å². The summed E-state index contributed by atoms with van der Waals surface area (Å²) >= 11 is 0. The number of carbonyl (C=O) groups excluding carboxylic acids is 1. The van der Waals surface area contributed by atoms with Crippen molar-refractivity contribution >= 4 is 5.91 Å². The Labute approximate surface area is 176 Å². The zero-order valence-corrected chi connectivity index (χ0v) is 17.6. The van der Waals surface area contributed by atoms with Gasteiger partial charge in [-0.15, -0.1) is 5.10 Å². The molecule has 1 fully saturated rings. The second-order valence-electron chi connectivity index (χ2n) is 7.68. The summed E-state index contributed by atoms with van der Waals surface area (Å²) < 4.78 is 12.4. The largest absolute Gasteiger partial charge is 0.497 e. The van der Waals surface area contributed by atoms with Gasteiger partial charge in [-0.3, -0.25) is 4.79 Å². The molecule has 0 spiro atoms. The first kappa shape index (κ1) is 20.2. The summed E-state index contributed by atoms with van der Waals surface area (Å²) in [6, 6.07) is 11.4. The van der Waals surface area contributed by atoms with Crippen molar-refractivity contribution in [2.75, 3.05) is 27.2 Å². The van der Waals surface area contributed by atoms with Crippen molar-refractivity contribution in [1.82, 2.24) is 24.8 Å². The maximum atomic E-state index is 13.6. The molecule has 1 saturated heterocycles. The maximum Gasteiger partial charge on any atom is 0.276 e. The molecular weight excluding hydrogens is 382 g/mol. The molecule has 0 N–H and O–H groups in total. The number of aromatic nitrogens is 3. The van der Waals surface area contributed by atoms with Gasteiger partial charge in [0.15, 0.2) is 5.69 Å². The Bertz CT molecular complexity index is 973. The molecule has 8 nitrogen and oxygen atoms in total. The van der Waals surface area contributed by atoms with Crippen LogP contribution >= 0.6 is 0 Å². The van der Waals surface area contributed by atoms with Crippen LogP contribution in [0, 0.1) is 6.92 Å². The van der Waals surface area contributed by atoms with Crippen molar-refractivity contribution in [3.63, 3.8) is 0 Å². The molecule has 0 atom stereocenters. The third-order valence-corrected chi connectivity index (χ3v) is 5.71. The molecule has 0 aliphatic carbocycles. The summed E-state index contributed by atoms with van der Waals surface area (Å²) in [4.78, 5) is 17.7. The Morgan fingerprint density at radius 1 is 1.23 bits per heavy atom. The third kappa shape index (κ3) is 4.09. The van der Waals surface area contributed by atoms with E-state index >= 15 is 0 Å². The van der Waals surface area contributed by atoms with Crippen molar-refractivity contribution in [3.8, 4) is 11.4 Å². The molecular formula is C22H27N5O3. The van der Waals surface area contributed by atoms with E-state index < -0.39 is 0 Å². The van der Waals surface area contributed by atoms with Gasteiger partial charge in [0.25, 0.3) is 5.91 Å². The van der Waals surface area contributed by atoms with Crippen molar-refractivity contribution < 1.29 is 13.9 Å². The molecule has 3 heterocycles. The number of nitrogens with zero attached hydrogens (tertiary/aromatic N) is 5. The molecule has 0 radical (unpaired) electrons. The molecule has 1 amide bonds. The van der Waals surface area contributed by atoms with Gasteiger partial charge in [-0.2, -0.15) is 0 Å². The Hall–Kier alpha value is -3.13. The SMILES string of the molecule is COc1ccc(-n2nnc(C(=O)N(Cc3ccco3)C3CCN(C)CC3)c2C)cc1. The quantitative estimate of drug-likeness (QED) is 0.623. The molecule has 30 heavy (non-hydrogen) atoms. The molecule has 1 aromatic carbocycles. The van der Waals surface area contributed by atoms with Crippen LogP contribution in [-0.2, 0) is 6.54 Å². The average Bonchev–Trinajstić information content (AvgIpc) is 3.42. The predicted molar refractivity (Wildman–Crippen MR) is 112 cm³/mol. The van der Waals surface area contributed by atoms with Crippen LogP contribution in [0.4, 0.5) is 0 Å². The zero-order chi connectivity index (χ0) is 21.1. The summed E-state index contributed by atoms with van der Waals surface area (Å²) in [6.07, 6.45) is 3.49. The number of methoxy groups -OCH3 is 1. The monoisotopic (exact) mass is 409 g/mol. The van der Waals surface area contributed by atoms with Crippen LogP contribution < -0.4 is 4.74 Å². The number of ether oxygens (including phenoxy) is 1. The van der Waals surface area contributed by atoms with E-state index in [0.717, 1.165) is 43.1 Å². The van der Waals surface area contributed by atoms with Crippen LogP contribution in [0.1, 0.15) is 34.8 Å². The van der Waals surface area contributed by atoms with Gasteiger partial charge in [0, 0.05) is 6.04 Å². The van der Waals surface area contributed by atoms with E-state index in [2.05, 4.69) is 22.3 Å². The number of carbonyl (C=O) groups is 1. The Morgan fingerprint density at radius 2 is 1.97 bits per heavy atom. The minimum absolute atomic E-state index is 0.113. The number of amides is 1. The van der Waals surface area contributed by atoms with E-state index in [0.29, 0.717) is 17.9 Å². The van der Waals surface area contributed by atoms with Crippen LogP contribution in [0.15, 0.2) is 47.1 Å². The van der Waals surface area contributed by atoms with Gasteiger partial charge >= 0.3 is 0 Å². The Kier molecular flexibility index (Phi) is 5.85. The molecule has 158 valence electrons. The van der Waals surface area contributed by atoms with Gasteiger partial charge in [0.05, 0.1) is 31.3 Å². The van der Waals surface area contributed by atoms with Crippen molar-refractivity contribution in [2.24, 2.45) is 0 Å². The fourth-order valence-electron chi connectivity index (χ4n) is 3.88. The lowest BCUT2D eigenvalue weighted by atomic mass is 10.0. The van der Waals surface area contributed by atoms with Gasteiger partial charge in [0.2, 0.25) is 0 Å². The number of furan rings is 1. The van der Waals surface area contributed by atoms with Crippen molar-refractivity contribution in [2.45, 2.75) is 32.4 Å². The highest BCUT2D eigenvalue weighted by Crippen LogP contribution is 2.23. The molecule has 1 aliphatic heterocycles. The third-order valence-electron chi connectivity index (χ3n) is 5.71. The molecule has 8 heteroatoms. The minimum atomic E-state index is -0.113. The predicted octanol–water partition coefficient (Wildman–Crippen LogP) is 2.91. The number of piperidine rings is 1. The summed E-state index contributed by atoms with van der Waals surface area (Å²) in [6.45, 7) is 4.22. The molecule has 1 aliphatic rings. The van der Waals surface area contributed by atoms with Crippen molar-refractivity contribution in [1.29, 1.82) is 0 Å². The molecule has 0 saturated carbocycles. The summed E-state index contributed by atoms with van der Waals surface area (Å²) in [7, 11) is 3.74. The number of hydrogen-bond acceptors (Lipinski definition) is 6. The summed E-state index contributed by atoms with van der Waals surface area (Å²) in [5, 5.41) is 8.49. The topological polar surface area (TPSA) is 76.6 Å². The van der Waals surface area contributed by atoms with E-state index in [1.165, 1.54) is 0 Å². The van der Waals surface area contributed by atoms with E-state index in [1.54, 1.807) is 18.1 Å². The van der Waals surface area contributed by atoms with E-state index in [4.69, 9.17) is 9.15 Å². The number of rotatable bonds is 6. The van der Waals surface area contributed by atoms with Crippen LogP contribution in [0.2, 0.25) is 0 Å². The van der Waals surface area contributed by atoms with Gasteiger partial charge in [-0.05, 0) is 76.3 Å². The fourth-order valence-corrected chi connectivity index (χ4v) is 3.88. The number of likely N-dealkylation sites (tertiary alicyclic amines) is 1. The summed E-state index contributed by atoms with van der Waals surface area (Å²) in [5.74, 6) is 1.42. The first-order valence-electron chi connectivity index (χ1n) is 10.2. The number of hydrogen-bond donors (Lipinski definition) is 0. The van der Waals surface area contributed by atoms with Gasteiger partial charge in [-0.25, -0.2) is 4.68 Å². The molecule has 2 aromatic heterocycles. The molecule has 0 unspecified atom stereocenters. The molecule has 4 rings (SSSR count). The first-order valence-corrected chi connectivity index (χ1v) is 10.2. The molecule has 3 aromatic rings. The van der Waals surface area contributed by atoms with Crippen LogP contribution in [0.3, 0.4) is 0 Å². The van der Waals surface area contributed by atoms with Crippen LogP contribution in [0.25, 0.3) is 5.69 Å². The molecule has 0 bridgehead atoms. The highest BCUT2D eigenvalue weighted by Gasteiger charge is 2.31. The minimum Gasteiger partial charge on any atom is -0.497 e. The number of benzene rings is 1. The Morgan fingerprint density at radius 3 is 2.60 bits per heavy atom.